The van der Waals surface area contributed by atoms with Gasteiger partial charge in [0.1, 0.15) is 46.5 Å². The van der Waals surface area contributed by atoms with Crippen molar-refractivity contribution in [2.24, 2.45) is 42.3 Å². The minimum atomic E-state index is -1.23. The van der Waals surface area contributed by atoms with Crippen LogP contribution in [0.15, 0.2) is 339 Å². The first kappa shape index (κ1) is 42.6. The van der Waals surface area contributed by atoms with Crippen LogP contribution in [-0.4, -0.2) is 27.4 Å². The van der Waals surface area contributed by atoms with Crippen LogP contribution in [-0.2, 0) is 42.3 Å². The van der Waals surface area contributed by atoms with Gasteiger partial charge in [0.05, 0.1) is 52.1 Å². The summed E-state index contributed by atoms with van der Waals surface area (Å²) in [4.78, 5) is 0. The third-order valence-electron chi connectivity index (χ3n) is 19.4. The van der Waals surface area contributed by atoms with E-state index in [2.05, 4.69) is 0 Å². The van der Waals surface area contributed by atoms with E-state index in [1.807, 2.05) is 35.4 Å². The topological polar surface area (TPSA) is 29.6 Å². The average Bonchev–Trinajstić information content (AvgIpc) is 1.57. The lowest BCUT2D eigenvalue weighted by Gasteiger charge is -2.03. The Hall–Kier alpha value is -14.2. The van der Waals surface area contributed by atoms with Crippen LogP contribution in [0.4, 0.5) is 35.1 Å². The van der Waals surface area contributed by atoms with Crippen LogP contribution < -0.4 is 0 Å². The molecule has 0 saturated carbocycles. The van der Waals surface area contributed by atoms with Crippen molar-refractivity contribution < 1.29 is 87.2 Å². The van der Waals surface area contributed by atoms with Crippen molar-refractivity contribution in [3.8, 4) is 44.5 Å². The van der Waals surface area contributed by atoms with Crippen molar-refractivity contribution in [3.63, 3.8) is 0 Å². The van der Waals surface area contributed by atoms with E-state index < -0.39 is 251 Å². The summed E-state index contributed by atoms with van der Waals surface area (Å²) in [6.07, 6.45) is 0. The maximum atomic E-state index is 13.9. The Labute approximate surface area is 716 Å². The van der Waals surface area contributed by atoms with Crippen LogP contribution in [0.3, 0.4) is 0 Å². The number of hydrogen-bond donors (Lipinski definition) is 0. The molecule has 6 aromatic heterocycles. The van der Waals surface area contributed by atoms with E-state index in [0.29, 0.717) is 44.0 Å². The van der Waals surface area contributed by atoms with Gasteiger partial charge in [-0.2, -0.15) is 0 Å². The van der Waals surface area contributed by atoms with E-state index >= 15 is 0 Å². The Bertz CT molecular complexity index is 9330. The molecule has 0 bridgehead atoms. The van der Waals surface area contributed by atoms with Crippen molar-refractivity contribution in [2.45, 2.75) is 0 Å². The van der Waals surface area contributed by atoms with Gasteiger partial charge < -0.3 is 27.4 Å². The summed E-state index contributed by atoms with van der Waals surface area (Å²) >= 11 is 0. The quantitative estimate of drug-likeness (QED) is 0.157. The Morgan fingerprint density at radius 1 is 0.164 bits per heavy atom. The smallest absolute Gasteiger partial charge is 0.123 e. The molecular formula is C102H74F8N6. The van der Waals surface area contributed by atoms with Gasteiger partial charge in [-0.05, 0) is 238 Å². The Morgan fingerprint density at radius 3 is 0.716 bits per heavy atom. The predicted molar refractivity (Wildman–Crippen MR) is 464 cm³/mol. The van der Waals surface area contributed by atoms with Gasteiger partial charge in [-0.3, -0.25) is 0 Å². The van der Waals surface area contributed by atoms with Gasteiger partial charge in [0.25, 0.3) is 0 Å². The number of benzene rings is 16. The Balaban J connectivity index is 0.000000130. The van der Waals surface area contributed by atoms with Gasteiger partial charge in [-0.25, -0.2) is 35.1 Å². The number of halogens is 8. The van der Waals surface area contributed by atoms with Crippen molar-refractivity contribution in [2.75, 3.05) is 0 Å². The van der Waals surface area contributed by atoms with Gasteiger partial charge >= 0.3 is 0 Å². The zero-order chi connectivity index (χ0) is 113. The fraction of sp³-hybridized carbons (Fsp3) is 0.0588. The molecule has 14 heteroatoms. The molecule has 22 aromatic rings. The van der Waals surface area contributed by atoms with Crippen LogP contribution in [0.5, 0.6) is 0 Å². The van der Waals surface area contributed by atoms with Gasteiger partial charge in [-0.15, -0.1) is 0 Å². The van der Waals surface area contributed by atoms with Crippen LogP contribution in [0.2, 0.25) is 0 Å². The second kappa shape index (κ2) is 31.0. The van der Waals surface area contributed by atoms with Gasteiger partial charge in [0, 0.05) is 173 Å². The molecule has 0 N–H and O–H groups in total. The molecule has 116 heavy (non-hydrogen) atoms. The minimum Gasteiger partial charge on any atom is -0.344 e. The standard InChI is InChI=1S/2C25H19N.4C13H9F2N/c2*1-26-24-14-12-20(18-8-4-2-5-9-18)16-22(24)23-17-21(13-15-25(23)26)19-10-6-3-7-11-19;4*1-16-12-4-2-8(14)6-10(12)11-7-9(15)3-5-13(11)16/h2*2-17H,1H3;4*2-7H,1H3/i2D,3D,4D,5D,6D,7D,8D,9D,10D,11D,12D,13D,14D,15D,16D,17D;2D,3D,4D,5D,6D,7D,8D,9D,10D,11D;2D,3D,4D,5D,6D,7D;2D,3D,6D,7D;2D,3D;. The fourth-order valence-corrected chi connectivity index (χ4v) is 13.9. The summed E-state index contributed by atoms with van der Waals surface area (Å²) in [5, 5.41) is 3.53. The Kier molecular flexibility index (Phi) is 11.4. The molecule has 22 rings (SSSR count). The first-order valence-corrected chi connectivity index (χ1v) is 34.8. The van der Waals surface area contributed by atoms with Crippen molar-refractivity contribution in [1.82, 2.24) is 27.4 Å². The number of hydrogen-bond acceptors (Lipinski definition) is 0. The van der Waals surface area contributed by atoms with E-state index in [1.54, 1.807) is 55.1 Å². The number of rotatable bonds is 4. The molecule has 0 spiro atoms. The van der Waals surface area contributed by atoms with Crippen LogP contribution in [0.1, 0.15) is 52.1 Å². The maximum Gasteiger partial charge on any atom is 0.123 e. The molecule has 6 nitrogen and oxygen atoms in total. The molecule has 0 amide bonds. The lowest BCUT2D eigenvalue weighted by Crippen LogP contribution is -1.86. The molecule has 568 valence electrons. The first-order chi connectivity index (χ1) is 72.1. The normalized spacial score (nSPS) is 15.9. The number of nitrogens with zero attached hydrogens (tertiary/aromatic N) is 6. The summed E-state index contributed by atoms with van der Waals surface area (Å²) in [6.45, 7) is 0. The molecular weight excluding hydrogens is 1460 g/mol. The van der Waals surface area contributed by atoms with E-state index in [1.165, 1.54) is 88.5 Å². The SMILES string of the molecule is Cn1c2ccc(F)cc2c2cc(F)ccc21.[2H]c1c(F)c([2H])c2c3c([2H])c(F)c([2H])c([2H])c3n(C)c2c1[2H].[2H]c1c([2H])c([2H])c(-c2c([2H])c([2H])c3c(c2[2H])c2c([2H])c(-c4c([2H])c([2H])c([2H])c([2H])c4[2H])c([2H])c([2H])c2n3C)c([2H])c1[2H].[2H]c1c([2H])c([2H])c(-c2ccc3c(c2)c2cc(-c4c([2H])c([2H])c([2H])c([2H])c4[2H])ccc2n3C)c([2H])c1[2H].[2H]c1cc2c(c([2H])c1F)c1c([2H])c(F)c([2H])cc1n2C.[2H]c1cc2c(cc1F)c1cc(F)c([2H])cc1n2C. The second-order valence-corrected chi connectivity index (χ2v) is 26.0. The lowest BCUT2D eigenvalue weighted by atomic mass is 10.0. The van der Waals surface area contributed by atoms with Gasteiger partial charge in [-0.1, -0.05) is 145 Å². The first-order valence-electron chi connectivity index (χ1n) is 53.8. The molecule has 6 heterocycles. The largest absolute Gasteiger partial charge is 0.344 e. The molecule has 0 radical (unpaired) electrons. The van der Waals surface area contributed by atoms with Crippen molar-refractivity contribution in [3.05, 3.63) is 385 Å². The molecule has 0 unspecified atom stereocenters. The minimum absolute atomic E-state index is 0.0293. The lowest BCUT2D eigenvalue weighted by molar-refractivity contribution is 0.628. The highest BCUT2D eigenvalue weighted by molar-refractivity contribution is 6.14. The summed E-state index contributed by atoms with van der Waals surface area (Å²) in [6, 6.07) is 6.95. The second-order valence-electron chi connectivity index (χ2n) is 26.0. The monoisotopic (exact) mass is 1570 g/mol. The van der Waals surface area contributed by atoms with E-state index in [0.717, 1.165) is 43.6 Å². The highest BCUT2D eigenvalue weighted by Crippen LogP contribution is 2.39. The highest BCUT2D eigenvalue weighted by atomic mass is 19.2. The summed E-state index contributed by atoms with van der Waals surface area (Å²) in [5.74, 6) is -6.33. The molecule has 0 aliphatic rings. The molecule has 16 aromatic carbocycles. The average molecular weight is 1570 g/mol. The van der Waals surface area contributed by atoms with E-state index in [9.17, 15) is 35.1 Å². The van der Waals surface area contributed by atoms with Gasteiger partial charge in [0.15, 0.2) is 0 Å². The molecule has 0 aliphatic heterocycles. The summed E-state index contributed by atoms with van der Waals surface area (Å²) in [5.41, 5.74) is 4.44. The number of fused-ring (bicyclic) bond motifs is 18. The number of aromatic nitrogens is 6. The molecule has 0 saturated heterocycles. The molecule has 0 fully saturated rings. The predicted octanol–water partition coefficient (Wildman–Crippen LogP) is 27.8. The summed E-state index contributed by atoms with van der Waals surface area (Å²) in [7, 11) is 9.93. The molecule has 0 atom stereocenters. The fourth-order valence-electron chi connectivity index (χ4n) is 13.9. The van der Waals surface area contributed by atoms with Crippen LogP contribution in [0, 0.1) is 46.5 Å². The zero-order valence-corrected chi connectivity index (χ0v) is 61.1. The zero-order valence-electron chi connectivity index (χ0n) is 99.1. The van der Waals surface area contributed by atoms with Crippen molar-refractivity contribution in [1.29, 1.82) is 0 Å². The summed E-state index contributed by atoms with van der Waals surface area (Å²) < 4.78 is 425. The van der Waals surface area contributed by atoms with Gasteiger partial charge in [0.2, 0.25) is 0 Å². The van der Waals surface area contributed by atoms with Crippen molar-refractivity contribution >= 4 is 131 Å². The third kappa shape index (κ3) is 14.2. The van der Waals surface area contributed by atoms with E-state index in [4.69, 9.17) is 52.1 Å². The van der Waals surface area contributed by atoms with E-state index in [-0.39, 0.29) is 113 Å². The Morgan fingerprint density at radius 2 is 0.388 bits per heavy atom. The maximum absolute atomic E-state index is 13.9. The molecule has 0 aliphatic carbocycles. The van der Waals surface area contributed by atoms with Crippen LogP contribution in [0.25, 0.3) is 175 Å². The van der Waals surface area contributed by atoms with Crippen LogP contribution >= 0.6 is 0 Å². The third-order valence-corrected chi connectivity index (χ3v) is 19.4. The number of aryl methyl sites for hydroxylation is 6. The highest BCUT2D eigenvalue weighted by Gasteiger charge is 2.17.